The molecule has 3 heteroatoms. The highest BCUT2D eigenvalue weighted by atomic mass is 35.5. The van der Waals surface area contributed by atoms with E-state index in [4.69, 9.17) is 23.2 Å². The zero-order chi connectivity index (χ0) is 15.5. The van der Waals surface area contributed by atoms with Gasteiger partial charge in [-0.1, -0.05) is 35.9 Å². The smallest absolute Gasteiger partial charge is 0.123 e. The predicted molar refractivity (Wildman–Crippen MR) is 89.1 cm³/mol. The number of hydrogen-bond donors (Lipinski definition) is 0. The van der Waals surface area contributed by atoms with Crippen LogP contribution < -0.4 is 0 Å². The van der Waals surface area contributed by atoms with Crippen LogP contribution in [0.3, 0.4) is 0 Å². The average Bonchev–Trinajstić information content (AvgIpc) is 2.47. The Morgan fingerprint density at radius 1 is 1.00 bits per heavy atom. The molecule has 0 amide bonds. The molecule has 2 aromatic rings. The van der Waals surface area contributed by atoms with Crippen molar-refractivity contribution in [1.82, 2.24) is 0 Å². The quantitative estimate of drug-likeness (QED) is 0.646. The van der Waals surface area contributed by atoms with Crippen molar-refractivity contribution in [2.75, 3.05) is 11.8 Å². The number of aryl methyl sites for hydroxylation is 2. The SMILES string of the molecule is Cc1cccc(C(CCl)(CCl)Cc2ccc(F)cc2C)c1. The molecule has 0 aliphatic rings. The Kier molecular flexibility index (Phi) is 5.29. The molecule has 112 valence electrons. The van der Waals surface area contributed by atoms with Crippen LogP contribution in [0.25, 0.3) is 0 Å². The van der Waals surface area contributed by atoms with Crippen molar-refractivity contribution in [3.63, 3.8) is 0 Å². The summed E-state index contributed by atoms with van der Waals surface area (Å²) in [6.45, 7) is 3.97. The van der Waals surface area contributed by atoms with Crippen molar-refractivity contribution >= 4 is 23.2 Å². The lowest BCUT2D eigenvalue weighted by Gasteiger charge is -2.31. The number of benzene rings is 2. The van der Waals surface area contributed by atoms with Crippen molar-refractivity contribution in [2.24, 2.45) is 0 Å². The lowest BCUT2D eigenvalue weighted by molar-refractivity contribution is 0.533. The largest absolute Gasteiger partial charge is 0.207 e. The summed E-state index contributed by atoms with van der Waals surface area (Å²) in [5.41, 5.74) is 4.00. The Balaban J connectivity index is 2.43. The Morgan fingerprint density at radius 3 is 2.29 bits per heavy atom. The monoisotopic (exact) mass is 324 g/mol. The van der Waals surface area contributed by atoms with Gasteiger partial charge in [0.2, 0.25) is 0 Å². The molecule has 0 N–H and O–H groups in total. The summed E-state index contributed by atoms with van der Waals surface area (Å²) < 4.78 is 13.3. The van der Waals surface area contributed by atoms with Gasteiger partial charge in [-0.15, -0.1) is 23.2 Å². The molecule has 0 radical (unpaired) electrons. The third kappa shape index (κ3) is 3.59. The summed E-state index contributed by atoms with van der Waals surface area (Å²) in [7, 11) is 0. The Bertz CT molecular complexity index is 618. The Labute approximate surface area is 135 Å². The molecule has 0 fully saturated rings. The molecule has 0 unspecified atom stereocenters. The maximum absolute atomic E-state index is 13.3. The fraction of sp³-hybridized carbons (Fsp3) is 0.333. The maximum Gasteiger partial charge on any atom is 0.123 e. The van der Waals surface area contributed by atoms with E-state index in [1.54, 1.807) is 6.07 Å². The van der Waals surface area contributed by atoms with Crippen molar-refractivity contribution in [1.29, 1.82) is 0 Å². The number of halogens is 3. The van der Waals surface area contributed by atoms with Crippen molar-refractivity contribution in [3.8, 4) is 0 Å². The molecule has 2 rings (SSSR count). The fourth-order valence-corrected chi connectivity index (χ4v) is 3.37. The van der Waals surface area contributed by atoms with E-state index in [0.29, 0.717) is 18.2 Å². The number of hydrogen-bond acceptors (Lipinski definition) is 0. The van der Waals surface area contributed by atoms with E-state index < -0.39 is 0 Å². The van der Waals surface area contributed by atoms with Crippen LogP contribution >= 0.6 is 23.2 Å². The van der Waals surface area contributed by atoms with Crippen LogP contribution in [0.1, 0.15) is 22.3 Å². The van der Waals surface area contributed by atoms with Crippen LogP contribution in [-0.2, 0) is 11.8 Å². The second-order valence-electron chi connectivity index (χ2n) is 5.66. The normalized spacial score (nSPS) is 11.7. The van der Waals surface area contributed by atoms with E-state index in [2.05, 4.69) is 25.1 Å². The van der Waals surface area contributed by atoms with Gasteiger partial charge in [0.1, 0.15) is 5.82 Å². The molecule has 0 nitrogen and oxygen atoms in total. The maximum atomic E-state index is 13.3. The van der Waals surface area contributed by atoms with Gasteiger partial charge in [0.15, 0.2) is 0 Å². The van der Waals surface area contributed by atoms with Gasteiger partial charge < -0.3 is 0 Å². The van der Waals surface area contributed by atoms with Gasteiger partial charge >= 0.3 is 0 Å². The minimum absolute atomic E-state index is 0.214. The van der Waals surface area contributed by atoms with Gasteiger partial charge in [-0.05, 0) is 49.1 Å². The lowest BCUT2D eigenvalue weighted by Crippen LogP contribution is -2.33. The summed E-state index contributed by atoms with van der Waals surface area (Å²) in [5, 5.41) is 0. The molecule has 0 saturated heterocycles. The average molecular weight is 325 g/mol. The highest BCUT2D eigenvalue weighted by molar-refractivity contribution is 6.22. The van der Waals surface area contributed by atoms with Crippen LogP contribution in [0.15, 0.2) is 42.5 Å². The molecule has 0 spiro atoms. The summed E-state index contributed by atoms with van der Waals surface area (Å²) in [4.78, 5) is 0. The molecule has 0 aromatic heterocycles. The molecule has 0 aliphatic heterocycles. The minimum Gasteiger partial charge on any atom is -0.207 e. The van der Waals surface area contributed by atoms with E-state index in [1.807, 2.05) is 19.1 Å². The third-order valence-electron chi connectivity index (χ3n) is 3.98. The lowest BCUT2D eigenvalue weighted by atomic mass is 9.77. The topological polar surface area (TPSA) is 0 Å². The van der Waals surface area contributed by atoms with Gasteiger partial charge in [-0.3, -0.25) is 0 Å². The van der Waals surface area contributed by atoms with E-state index in [0.717, 1.165) is 16.7 Å². The first kappa shape index (κ1) is 16.3. The highest BCUT2D eigenvalue weighted by Gasteiger charge is 2.31. The Hall–Kier alpha value is -1.05. The second kappa shape index (κ2) is 6.81. The zero-order valence-corrected chi connectivity index (χ0v) is 13.8. The van der Waals surface area contributed by atoms with Crippen molar-refractivity contribution in [2.45, 2.75) is 25.7 Å². The van der Waals surface area contributed by atoms with Crippen molar-refractivity contribution in [3.05, 3.63) is 70.5 Å². The third-order valence-corrected chi connectivity index (χ3v) is 5.00. The molecular weight excluding hydrogens is 306 g/mol. The van der Waals surface area contributed by atoms with Gasteiger partial charge in [-0.25, -0.2) is 4.39 Å². The number of alkyl halides is 2. The zero-order valence-electron chi connectivity index (χ0n) is 12.3. The van der Waals surface area contributed by atoms with Gasteiger partial charge in [0, 0.05) is 17.2 Å². The standard InChI is InChI=1S/C18H19Cl2F/c1-13-4-3-5-16(8-13)18(11-19,12-20)10-15-6-7-17(21)9-14(15)2/h3-9H,10-12H2,1-2H3. The molecule has 2 aromatic carbocycles. The van der Waals surface area contributed by atoms with Crippen molar-refractivity contribution < 1.29 is 4.39 Å². The summed E-state index contributed by atoms with van der Waals surface area (Å²) >= 11 is 12.6. The van der Waals surface area contributed by atoms with Crippen LogP contribution in [0.4, 0.5) is 4.39 Å². The molecule has 0 saturated carbocycles. The van der Waals surface area contributed by atoms with E-state index in [1.165, 1.54) is 11.6 Å². The molecule has 21 heavy (non-hydrogen) atoms. The summed E-state index contributed by atoms with van der Waals surface area (Å²) in [5.74, 6) is 0.641. The first-order chi connectivity index (χ1) is 10.0. The molecule has 0 atom stereocenters. The summed E-state index contributed by atoms with van der Waals surface area (Å²) in [6.07, 6.45) is 0.704. The van der Waals surface area contributed by atoms with Crippen LogP contribution in [0.2, 0.25) is 0 Å². The molecule has 0 aliphatic carbocycles. The Morgan fingerprint density at radius 2 is 1.71 bits per heavy atom. The first-order valence-corrected chi connectivity index (χ1v) is 8.02. The second-order valence-corrected chi connectivity index (χ2v) is 6.20. The van der Waals surface area contributed by atoms with Gasteiger partial charge in [0.25, 0.3) is 0 Å². The predicted octanol–water partition coefficient (Wildman–Crippen LogP) is 5.40. The molecule has 0 bridgehead atoms. The first-order valence-electron chi connectivity index (χ1n) is 6.95. The highest BCUT2D eigenvalue weighted by Crippen LogP contribution is 2.33. The van der Waals surface area contributed by atoms with Gasteiger partial charge in [-0.2, -0.15) is 0 Å². The summed E-state index contributed by atoms with van der Waals surface area (Å²) in [6, 6.07) is 13.1. The van der Waals surface area contributed by atoms with Crippen LogP contribution in [0.5, 0.6) is 0 Å². The van der Waals surface area contributed by atoms with Crippen LogP contribution in [-0.4, -0.2) is 11.8 Å². The molecular formula is C18H19Cl2F. The minimum atomic E-state index is -0.336. The van der Waals surface area contributed by atoms with E-state index >= 15 is 0 Å². The van der Waals surface area contributed by atoms with E-state index in [-0.39, 0.29) is 11.2 Å². The van der Waals surface area contributed by atoms with E-state index in [9.17, 15) is 4.39 Å². The number of rotatable bonds is 5. The fourth-order valence-electron chi connectivity index (χ4n) is 2.58. The van der Waals surface area contributed by atoms with Gasteiger partial charge in [0.05, 0.1) is 0 Å². The molecule has 0 heterocycles. The van der Waals surface area contributed by atoms with Crippen LogP contribution in [0, 0.1) is 19.7 Å².